The fourth-order valence-electron chi connectivity index (χ4n) is 2.19. The molecule has 21 heavy (non-hydrogen) atoms. The van der Waals surface area contributed by atoms with E-state index >= 15 is 0 Å². The number of rotatable bonds is 15. The molecular formula is C16H34O4Si. The smallest absolute Gasteiger partial charge is 0.337 e. The van der Waals surface area contributed by atoms with Crippen LogP contribution < -0.4 is 0 Å². The minimum absolute atomic E-state index is 0.361. The molecule has 0 bridgehead atoms. The van der Waals surface area contributed by atoms with E-state index in [0.717, 1.165) is 64.4 Å². The van der Waals surface area contributed by atoms with E-state index in [2.05, 4.69) is 20.8 Å². The number of hydrogen-bond acceptors (Lipinski definition) is 4. The molecule has 1 heterocycles. The SMILES string of the molecule is CCCCO[Si](CC)(CCCOCC1CO1)OCCCC. The van der Waals surface area contributed by atoms with Gasteiger partial charge in [-0.05, 0) is 31.4 Å². The molecule has 0 aromatic heterocycles. The van der Waals surface area contributed by atoms with E-state index in [-0.39, 0.29) is 0 Å². The van der Waals surface area contributed by atoms with Crippen LogP contribution in [0, 0.1) is 0 Å². The summed E-state index contributed by atoms with van der Waals surface area (Å²) in [5, 5.41) is 0. The summed E-state index contributed by atoms with van der Waals surface area (Å²) in [6.07, 6.45) is 5.99. The molecule has 1 saturated heterocycles. The lowest BCUT2D eigenvalue weighted by Gasteiger charge is -2.30. The van der Waals surface area contributed by atoms with Crippen molar-refractivity contribution >= 4 is 8.56 Å². The molecular weight excluding hydrogens is 284 g/mol. The maximum absolute atomic E-state index is 6.24. The predicted octanol–water partition coefficient (Wildman–Crippen LogP) is 3.89. The summed E-state index contributed by atoms with van der Waals surface area (Å²) < 4.78 is 23.3. The van der Waals surface area contributed by atoms with Crippen LogP contribution in [0.15, 0.2) is 0 Å². The molecule has 0 radical (unpaired) electrons. The van der Waals surface area contributed by atoms with Crippen LogP contribution in [0.4, 0.5) is 0 Å². The molecule has 0 aromatic rings. The first-order chi connectivity index (χ1) is 10.3. The minimum Gasteiger partial charge on any atom is -0.394 e. The minimum atomic E-state index is -2.02. The summed E-state index contributed by atoms with van der Waals surface area (Å²) >= 11 is 0. The molecule has 0 saturated carbocycles. The lowest BCUT2D eigenvalue weighted by Crippen LogP contribution is -2.42. The van der Waals surface area contributed by atoms with Crippen LogP contribution in [-0.2, 0) is 18.3 Å². The summed E-state index contributed by atoms with van der Waals surface area (Å²) in [5.41, 5.74) is 0. The summed E-state index contributed by atoms with van der Waals surface area (Å²) in [6.45, 7) is 10.7. The fraction of sp³-hybridized carbons (Fsp3) is 1.00. The zero-order valence-corrected chi connectivity index (χ0v) is 15.2. The third-order valence-electron chi connectivity index (χ3n) is 3.82. The molecule has 1 rings (SSSR count). The van der Waals surface area contributed by atoms with Crippen LogP contribution in [0.5, 0.6) is 0 Å². The molecule has 1 fully saturated rings. The van der Waals surface area contributed by atoms with Crippen molar-refractivity contribution in [2.24, 2.45) is 0 Å². The molecule has 4 nitrogen and oxygen atoms in total. The Hall–Kier alpha value is 0.0569. The molecule has 0 amide bonds. The van der Waals surface area contributed by atoms with Gasteiger partial charge in [0, 0.05) is 19.8 Å². The van der Waals surface area contributed by atoms with Gasteiger partial charge in [0.2, 0.25) is 0 Å². The van der Waals surface area contributed by atoms with Crippen molar-refractivity contribution in [3.8, 4) is 0 Å². The van der Waals surface area contributed by atoms with Crippen LogP contribution in [0.25, 0.3) is 0 Å². The Morgan fingerprint density at radius 3 is 2.05 bits per heavy atom. The van der Waals surface area contributed by atoms with Crippen molar-refractivity contribution in [3.05, 3.63) is 0 Å². The molecule has 1 atom stereocenters. The molecule has 126 valence electrons. The monoisotopic (exact) mass is 318 g/mol. The van der Waals surface area contributed by atoms with E-state index in [1.54, 1.807) is 0 Å². The lowest BCUT2D eigenvalue weighted by atomic mass is 10.4. The first kappa shape index (κ1) is 19.1. The van der Waals surface area contributed by atoms with E-state index in [1.807, 2.05) is 0 Å². The lowest BCUT2D eigenvalue weighted by molar-refractivity contribution is 0.111. The third kappa shape index (κ3) is 8.93. The first-order valence-electron chi connectivity index (χ1n) is 8.73. The second-order valence-electron chi connectivity index (χ2n) is 5.80. The zero-order chi connectivity index (χ0) is 15.4. The van der Waals surface area contributed by atoms with Crippen LogP contribution in [-0.4, -0.2) is 47.7 Å². The highest BCUT2D eigenvalue weighted by molar-refractivity contribution is 6.67. The van der Waals surface area contributed by atoms with Crippen LogP contribution in [0.2, 0.25) is 12.1 Å². The van der Waals surface area contributed by atoms with Crippen molar-refractivity contribution in [3.63, 3.8) is 0 Å². The maximum Gasteiger partial charge on any atom is 0.337 e. The van der Waals surface area contributed by atoms with Gasteiger partial charge in [0.25, 0.3) is 0 Å². The highest BCUT2D eigenvalue weighted by atomic mass is 28.4. The van der Waals surface area contributed by atoms with Crippen LogP contribution in [0.1, 0.15) is 52.9 Å². The van der Waals surface area contributed by atoms with Crippen molar-refractivity contribution < 1.29 is 18.3 Å². The summed E-state index contributed by atoms with van der Waals surface area (Å²) in [6, 6.07) is 2.08. The Labute approximate surface area is 131 Å². The van der Waals surface area contributed by atoms with Gasteiger partial charge in [0.1, 0.15) is 6.10 Å². The molecule has 0 aliphatic carbocycles. The van der Waals surface area contributed by atoms with Crippen molar-refractivity contribution in [2.45, 2.75) is 71.1 Å². The highest BCUT2D eigenvalue weighted by Crippen LogP contribution is 2.22. The fourth-order valence-corrected chi connectivity index (χ4v) is 5.04. The quantitative estimate of drug-likeness (QED) is 0.261. The Bertz CT molecular complexity index is 236. The highest BCUT2D eigenvalue weighted by Gasteiger charge is 2.35. The average molecular weight is 319 g/mol. The molecule has 0 spiro atoms. The Morgan fingerprint density at radius 1 is 0.952 bits per heavy atom. The van der Waals surface area contributed by atoms with Gasteiger partial charge < -0.3 is 18.3 Å². The molecule has 0 aromatic carbocycles. The first-order valence-corrected chi connectivity index (χ1v) is 11.0. The van der Waals surface area contributed by atoms with Gasteiger partial charge in [-0.15, -0.1) is 0 Å². The van der Waals surface area contributed by atoms with Gasteiger partial charge >= 0.3 is 8.56 Å². The van der Waals surface area contributed by atoms with E-state index in [1.165, 1.54) is 12.8 Å². The largest absolute Gasteiger partial charge is 0.394 e. The van der Waals surface area contributed by atoms with Crippen LogP contribution in [0.3, 0.4) is 0 Å². The number of hydrogen-bond donors (Lipinski definition) is 0. The van der Waals surface area contributed by atoms with E-state index in [0.29, 0.717) is 6.10 Å². The Kier molecular flexibility index (Phi) is 10.6. The molecule has 1 unspecified atom stereocenters. The van der Waals surface area contributed by atoms with Crippen LogP contribution >= 0.6 is 0 Å². The normalized spacial score (nSPS) is 18.1. The second kappa shape index (κ2) is 11.6. The average Bonchev–Trinajstić information content (AvgIpc) is 3.31. The third-order valence-corrected chi connectivity index (χ3v) is 7.47. The van der Waals surface area contributed by atoms with Crippen molar-refractivity contribution in [1.29, 1.82) is 0 Å². The van der Waals surface area contributed by atoms with E-state index < -0.39 is 8.56 Å². The van der Waals surface area contributed by atoms with E-state index in [4.69, 9.17) is 18.3 Å². The van der Waals surface area contributed by atoms with Crippen molar-refractivity contribution in [1.82, 2.24) is 0 Å². The number of epoxide rings is 1. The standard InChI is InChI=1S/C16H34O4Si/c1-4-7-11-19-21(6-3,20-12-8-5-2)13-9-10-17-14-16-15-18-16/h16H,4-15H2,1-3H3. The maximum atomic E-state index is 6.24. The predicted molar refractivity (Wildman–Crippen MR) is 87.9 cm³/mol. The Balaban J connectivity index is 2.27. The van der Waals surface area contributed by atoms with Gasteiger partial charge in [-0.3, -0.25) is 0 Å². The summed E-state index contributed by atoms with van der Waals surface area (Å²) in [4.78, 5) is 0. The van der Waals surface area contributed by atoms with E-state index in [9.17, 15) is 0 Å². The van der Waals surface area contributed by atoms with Crippen molar-refractivity contribution in [2.75, 3.05) is 33.0 Å². The zero-order valence-electron chi connectivity index (χ0n) is 14.2. The molecule has 0 N–H and O–H groups in total. The van der Waals surface area contributed by atoms with Gasteiger partial charge in [0.05, 0.1) is 13.2 Å². The molecule has 1 aliphatic rings. The second-order valence-corrected chi connectivity index (χ2v) is 9.41. The Morgan fingerprint density at radius 2 is 1.57 bits per heavy atom. The summed E-state index contributed by atoms with van der Waals surface area (Å²) in [7, 11) is -2.02. The van der Waals surface area contributed by atoms with Gasteiger partial charge in [-0.2, -0.15) is 0 Å². The molecule has 5 heteroatoms. The topological polar surface area (TPSA) is 40.2 Å². The number of unbranched alkanes of at least 4 members (excludes halogenated alkanes) is 2. The van der Waals surface area contributed by atoms with Gasteiger partial charge in [0.15, 0.2) is 0 Å². The molecule has 1 aliphatic heterocycles. The van der Waals surface area contributed by atoms with Gasteiger partial charge in [-0.1, -0.05) is 33.6 Å². The number of ether oxygens (including phenoxy) is 2. The summed E-state index contributed by atoms with van der Waals surface area (Å²) in [5.74, 6) is 0. The van der Waals surface area contributed by atoms with Gasteiger partial charge in [-0.25, -0.2) is 0 Å².